The Bertz CT molecular complexity index is 1170. The molecule has 1 aliphatic carbocycles. The number of aliphatic carboxylic acids is 1. The number of ether oxygens (including phenoxy) is 2. The number of carbonyl (C=O) groups is 1. The van der Waals surface area contributed by atoms with Crippen LogP contribution in [0.2, 0.25) is 0 Å². The fourth-order valence-electron chi connectivity index (χ4n) is 4.83. The van der Waals surface area contributed by atoms with Crippen LogP contribution in [0.4, 0.5) is 4.39 Å². The summed E-state index contributed by atoms with van der Waals surface area (Å²) >= 11 is 0. The first-order chi connectivity index (χ1) is 16.0. The topological polar surface area (TPSA) is 55.8 Å². The predicted molar refractivity (Wildman–Crippen MR) is 124 cm³/mol. The first kappa shape index (κ1) is 21.5. The lowest BCUT2D eigenvalue weighted by atomic mass is 9.88. The van der Waals surface area contributed by atoms with Crippen LogP contribution in [-0.4, -0.2) is 18.2 Å². The number of benzene rings is 3. The Balaban J connectivity index is 1.35. The van der Waals surface area contributed by atoms with E-state index in [4.69, 9.17) is 9.47 Å². The average molecular weight is 447 g/mol. The normalized spacial score (nSPS) is 18.2. The van der Waals surface area contributed by atoms with Crippen LogP contribution in [0.25, 0.3) is 11.1 Å². The molecule has 170 valence electrons. The minimum absolute atomic E-state index is 0.0549. The zero-order valence-corrected chi connectivity index (χ0v) is 18.6. The number of carboxylic acid groups (broad SMARTS) is 1. The molecule has 33 heavy (non-hydrogen) atoms. The molecule has 2 atom stereocenters. The summed E-state index contributed by atoms with van der Waals surface area (Å²) in [6, 6.07) is 18.9. The van der Waals surface area contributed by atoms with Crippen molar-refractivity contribution >= 4 is 5.97 Å². The highest BCUT2D eigenvalue weighted by Gasteiger charge is 2.34. The fourth-order valence-corrected chi connectivity index (χ4v) is 4.83. The summed E-state index contributed by atoms with van der Waals surface area (Å²) in [7, 11) is 1.53. The molecule has 1 N–H and O–H groups in total. The second-order valence-electron chi connectivity index (χ2n) is 9.06. The smallest absolute Gasteiger partial charge is 0.303 e. The third-order valence-corrected chi connectivity index (χ3v) is 6.77. The summed E-state index contributed by atoms with van der Waals surface area (Å²) in [5.74, 6) is 0.790. The largest absolute Gasteiger partial charge is 0.497 e. The number of halogens is 1. The van der Waals surface area contributed by atoms with Gasteiger partial charge in [-0.05, 0) is 83.5 Å². The van der Waals surface area contributed by atoms with E-state index in [-0.39, 0.29) is 24.3 Å². The molecular formula is C28H27FO4. The maximum Gasteiger partial charge on any atom is 0.303 e. The van der Waals surface area contributed by atoms with Gasteiger partial charge in [-0.3, -0.25) is 4.79 Å². The molecule has 1 unspecified atom stereocenters. The van der Waals surface area contributed by atoms with E-state index in [0.717, 1.165) is 53.7 Å². The van der Waals surface area contributed by atoms with Crippen molar-refractivity contribution in [3.05, 3.63) is 83.2 Å². The zero-order chi connectivity index (χ0) is 22.9. The predicted octanol–water partition coefficient (Wildman–Crippen LogP) is 6.54. The monoisotopic (exact) mass is 446 g/mol. The lowest BCUT2D eigenvalue weighted by Crippen LogP contribution is -2.16. The Morgan fingerprint density at radius 2 is 1.85 bits per heavy atom. The van der Waals surface area contributed by atoms with Gasteiger partial charge < -0.3 is 14.6 Å². The van der Waals surface area contributed by atoms with Crippen LogP contribution in [0.5, 0.6) is 11.5 Å². The van der Waals surface area contributed by atoms with E-state index < -0.39 is 5.97 Å². The van der Waals surface area contributed by atoms with Crippen molar-refractivity contribution in [2.24, 2.45) is 5.92 Å². The molecule has 3 aromatic carbocycles. The molecule has 0 radical (unpaired) electrons. The second-order valence-corrected chi connectivity index (χ2v) is 9.06. The number of hydrogen-bond donors (Lipinski definition) is 1. The lowest BCUT2D eigenvalue weighted by Gasteiger charge is -2.28. The van der Waals surface area contributed by atoms with Gasteiger partial charge >= 0.3 is 5.97 Å². The molecule has 1 heterocycles. The van der Waals surface area contributed by atoms with Crippen LogP contribution >= 0.6 is 0 Å². The van der Waals surface area contributed by atoms with Gasteiger partial charge in [-0.15, -0.1) is 0 Å². The number of rotatable bonds is 7. The molecular weight excluding hydrogens is 419 g/mol. The molecule has 0 aromatic heterocycles. The molecule has 0 bridgehead atoms. The standard InChI is InChI=1S/C28H27FO4/c1-32-24-13-22(12-23(29)15-24)17-2-6-19(7-3-17)26-11-10-20-8-9-21(14-27(20)33-26)25(16-28(30)31)18-4-5-18/h2-3,6-9,12-15,18,25-26H,4-5,10-11,16H2,1H3,(H,30,31)/t25-,26?/m0/s1. The lowest BCUT2D eigenvalue weighted by molar-refractivity contribution is -0.137. The Morgan fingerprint density at radius 1 is 1.06 bits per heavy atom. The van der Waals surface area contributed by atoms with Crippen LogP contribution in [0.15, 0.2) is 60.7 Å². The van der Waals surface area contributed by atoms with Crippen molar-refractivity contribution in [1.29, 1.82) is 0 Å². The molecule has 2 aliphatic rings. The summed E-state index contributed by atoms with van der Waals surface area (Å²) in [6.45, 7) is 0. The van der Waals surface area contributed by atoms with Gasteiger partial charge in [0.05, 0.1) is 13.5 Å². The number of carboxylic acids is 1. The van der Waals surface area contributed by atoms with Gasteiger partial charge in [0.15, 0.2) is 0 Å². The Labute approximate surface area is 193 Å². The highest BCUT2D eigenvalue weighted by atomic mass is 19.1. The van der Waals surface area contributed by atoms with Crippen LogP contribution in [0.3, 0.4) is 0 Å². The van der Waals surface area contributed by atoms with Crippen molar-refractivity contribution in [2.75, 3.05) is 7.11 Å². The van der Waals surface area contributed by atoms with E-state index in [1.54, 1.807) is 0 Å². The van der Waals surface area contributed by atoms with Gasteiger partial charge in [-0.1, -0.05) is 36.4 Å². The van der Waals surface area contributed by atoms with Gasteiger partial charge in [0.1, 0.15) is 23.4 Å². The van der Waals surface area contributed by atoms with Gasteiger partial charge in [0.2, 0.25) is 0 Å². The Kier molecular flexibility index (Phi) is 5.79. The summed E-state index contributed by atoms with van der Waals surface area (Å²) in [5.41, 5.74) is 4.99. The third-order valence-electron chi connectivity index (χ3n) is 6.77. The molecule has 5 heteroatoms. The van der Waals surface area contributed by atoms with Crippen molar-refractivity contribution in [1.82, 2.24) is 0 Å². The number of aryl methyl sites for hydroxylation is 1. The van der Waals surface area contributed by atoms with E-state index in [1.807, 2.05) is 30.3 Å². The molecule has 1 aliphatic heterocycles. The second kappa shape index (κ2) is 8.89. The van der Waals surface area contributed by atoms with E-state index in [1.165, 1.54) is 24.8 Å². The zero-order valence-electron chi connectivity index (χ0n) is 18.6. The molecule has 5 rings (SSSR count). The molecule has 0 amide bonds. The molecule has 0 saturated heterocycles. The Hall–Kier alpha value is -3.34. The van der Waals surface area contributed by atoms with E-state index >= 15 is 0 Å². The van der Waals surface area contributed by atoms with Gasteiger partial charge in [-0.2, -0.15) is 0 Å². The summed E-state index contributed by atoms with van der Waals surface area (Å²) in [5, 5.41) is 9.34. The molecule has 0 spiro atoms. The minimum atomic E-state index is -0.751. The number of fused-ring (bicyclic) bond motifs is 1. The van der Waals surface area contributed by atoms with E-state index in [9.17, 15) is 14.3 Å². The summed E-state index contributed by atoms with van der Waals surface area (Å²) in [4.78, 5) is 11.4. The molecule has 3 aromatic rings. The highest BCUT2D eigenvalue weighted by molar-refractivity contribution is 5.68. The van der Waals surface area contributed by atoms with Gasteiger partial charge in [0.25, 0.3) is 0 Å². The fraction of sp³-hybridized carbons (Fsp3) is 0.321. The van der Waals surface area contributed by atoms with Crippen LogP contribution in [0.1, 0.15) is 54.4 Å². The van der Waals surface area contributed by atoms with Crippen molar-refractivity contribution in [2.45, 2.75) is 44.1 Å². The van der Waals surface area contributed by atoms with E-state index in [2.05, 4.69) is 18.2 Å². The number of hydrogen-bond acceptors (Lipinski definition) is 3. The van der Waals surface area contributed by atoms with Gasteiger partial charge in [0, 0.05) is 6.07 Å². The van der Waals surface area contributed by atoms with Crippen LogP contribution in [-0.2, 0) is 11.2 Å². The summed E-state index contributed by atoms with van der Waals surface area (Å²) in [6.07, 6.45) is 4.09. The quantitative estimate of drug-likeness (QED) is 0.448. The number of methoxy groups -OCH3 is 1. The summed E-state index contributed by atoms with van der Waals surface area (Å²) < 4.78 is 25.5. The molecule has 1 saturated carbocycles. The van der Waals surface area contributed by atoms with Crippen molar-refractivity contribution < 1.29 is 23.8 Å². The SMILES string of the molecule is COc1cc(F)cc(-c2ccc(C3CCc4ccc([C@@H](CC(=O)O)C5CC5)cc4O3)cc2)c1. The van der Waals surface area contributed by atoms with E-state index in [0.29, 0.717) is 11.7 Å². The van der Waals surface area contributed by atoms with Crippen molar-refractivity contribution in [3.8, 4) is 22.6 Å². The average Bonchev–Trinajstić information content (AvgIpc) is 3.67. The maximum absolute atomic E-state index is 13.9. The van der Waals surface area contributed by atoms with Crippen LogP contribution in [0, 0.1) is 11.7 Å². The molecule has 1 fully saturated rings. The third kappa shape index (κ3) is 4.72. The maximum atomic E-state index is 13.9. The minimum Gasteiger partial charge on any atom is -0.497 e. The highest BCUT2D eigenvalue weighted by Crippen LogP contribution is 2.46. The first-order valence-corrected chi connectivity index (χ1v) is 11.5. The van der Waals surface area contributed by atoms with Crippen LogP contribution < -0.4 is 9.47 Å². The molecule has 4 nitrogen and oxygen atoms in total. The first-order valence-electron chi connectivity index (χ1n) is 11.5. The van der Waals surface area contributed by atoms with Gasteiger partial charge in [-0.25, -0.2) is 4.39 Å². The van der Waals surface area contributed by atoms with Crippen molar-refractivity contribution in [3.63, 3.8) is 0 Å². The Morgan fingerprint density at radius 3 is 2.55 bits per heavy atom.